The predicted octanol–water partition coefficient (Wildman–Crippen LogP) is 1.95. The minimum Gasteiger partial charge on any atom is -0.481 e. The highest BCUT2D eigenvalue weighted by molar-refractivity contribution is 7.81. The van der Waals surface area contributed by atoms with Gasteiger partial charge >= 0.3 is 5.97 Å². The van der Waals surface area contributed by atoms with E-state index in [9.17, 15) is 4.79 Å². The molecule has 0 heterocycles. The molecule has 0 spiro atoms. The Hall–Kier alpha value is -0.180. The molecule has 0 aliphatic rings. The first kappa shape index (κ1) is 9.82. The van der Waals surface area contributed by atoms with Crippen LogP contribution in [0.3, 0.4) is 0 Å². The van der Waals surface area contributed by atoms with Gasteiger partial charge in [-0.15, -0.1) is 0 Å². The highest BCUT2D eigenvalue weighted by atomic mass is 32.1. The molecule has 0 fully saturated rings. The fraction of sp³-hybridized carbons (Fsp3) is 0.857. The summed E-state index contributed by atoms with van der Waals surface area (Å²) in [7, 11) is 0. The molecule has 0 atom stereocenters. The molecule has 0 aromatic carbocycles. The van der Waals surface area contributed by atoms with E-state index < -0.39 is 5.97 Å². The molecule has 0 bridgehead atoms. The number of hydrogen-bond donors (Lipinski definition) is 2. The summed E-state index contributed by atoms with van der Waals surface area (Å²) in [4.78, 5) is 10.1. The van der Waals surface area contributed by atoms with Gasteiger partial charge in [-0.25, -0.2) is 0 Å². The van der Waals surface area contributed by atoms with Gasteiger partial charge in [0, 0.05) is 11.2 Å². The van der Waals surface area contributed by atoms with Crippen molar-refractivity contribution >= 4 is 18.6 Å². The maximum Gasteiger partial charge on any atom is 0.303 e. The van der Waals surface area contributed by atoms with Crippen LogP contribution in [0.25, 0.3) is 0 Å². The minimum atomic E-state index is -0.724. The first-order chi connectivity index (χ1) is 4.42. The van der Waals surface area contributed by atoms with Crippen molar-refractivity contribution in [2.75, 3.05) is 0 Å². The summed E-state index contributed by atoms with van der Waals surface area (Å²) in [5.74, 6) is -0.724. The average Bonchev–Trinajstić information content (AvgIpc) is 1.59. The number of thiol groups is 1. The molecule has 0 aliphatic heterocycles. The van der Waals surface area contributed by atoms with Crippen molar-refractivity contribution in [3.05, 3.63) is 0 Å². The Balaban J connectivity index is 3.29. The van der Waals surface area contributed by atoms with Gasteiger partial charge in [-0.2, -0.15) is 12.6 Å². The highest BCUT2D eigenvalue weighted by Gasteiger charge is 2.11. The number of rotatable bonds is 4. The van der Waals surface area contributed by atoms with Gasteiger partial charge in [0.1, 0.15) is 0 Å². The van der Waals surface area contributed by atoms with Crippen LogP contribution in [0.15, 0.2) is 0 Å². The largest absolute Gasteiger partial charge is 0.481 e. The summed E-state index contributed by atoms with van der Waals surface area (Å²) in [5.41, 5.74) is 0. The van der Waals surface area contributed by atoms with E-state index in [-0.39, 0.29) is 11.2 Å². The number of hydrogen-bond acceptors (Lipinski definition) is 2. The standard InChI is InChI=1S/C7H14O2S/c1-7(2,10)5-3-4-6(8)9/h10H,3-5H2,1-2H3,(H,8,9). The van der Waals surface area contributed by atoms with Crippen molar-refractivity contribution in [1.29, 1.82) is 0 Å². The van der Waals surface area contributed by atoms with E-state index >= 15 is 0 Å². The summed E-state index contributed by atoms with van der Waals surface area (Å²) < 4.78 is -0.0323. The lowest BCUT2D eigenvalue weighted by Gasteiger charge is -2.15. The fourth-order valence-electron chi connectivity index (χ4n) is 0.672. The maximum atomic E-state index is 10.1. The number of carbonyl (C=O) groups is 1. The molecule has 0 saturated carbocycles. The van der Waals surface area contributed by atoms with E-state index in [1.165, 1.54) is 0 Å². The Labute approximate surface area is 67.0 Å². The van der Waals surface area contributed by atoms with Crippen molar-refractivity contribution in [2.24, 2.45) is 0 Å². The van der Waals surface area contributed by atoms with Gasteiger partial charge in [0.05, 0.1) is 0 Å². The fourth-order valence-corrected chi connectivity index (χ4v) is 0.830. The van der Waals surface area contributed by atoms with Gasteiger partial charge < -0.3 is 5.11 Å². The second-order valence-electron chi connectivity index (χ2n) is 3.06. The monoisotopic (exact) mass is 162 g/mol. The Morgan fingerprint density at radius 3 is 2.40 bits per heavy atom. The van der Waals surface area contributed by atoms with E-state index in [1.807, 2.05) is 13.8 Å². The molecule has 0 unspecified atom stereocenters. The second-order valence-corrected chi connectivity index (χ2v) is 4.27. The topological polar surface area (TPSA) is 37.3 Å². The minimum absolute atomic E-state index is 0.0323. The lowest BCUT2D eigenvalue weighted by Crippen LogP contribution is -2.10. The summed E-state index contributed by atoms with van der Waals surface area (Å²) >= 11 is 4.26. The van der Waals surface area contributed by atoms with Gasteiger partial charge in [-0.3, -0.25) is 4.79 Å². The molecule has 0 aromatic heterocycles. The van der Waals surface area contributed by atoms with E-state index in [0.717, 1.165) is 6.42 Å². The molecule has 0 amide bonds. The molecule has 0 aliphatic carbocycles. The zero-order valence-corrected chi connectivity index (χ0v) is 7.32. The molecule has 10 heavy (non-hydrogen) atoms. The van der Waals surface area contributed by atoms with Crippen LogP contribution in [0.4, 0.5) is 0 Å². The second kappa shape index (κ2) is 3.86. The first-order valence-electron chi connectivity index (χ1n) is 3.36. The van der Waals surface area contributed by atoms with Crippen LogP contribution < -0.4 is 0 Å². The zero-order chi connectivity index (χ0) is 8.20. The van der Waals surface area contributed by atoms with Crippen LogP contribution in [0.5, 0.6) is 0 Å². The van der Waals surface area contributed by atoms with E-state index in [4.69, 9.17) is 5.11 Å². The van der Waals surface area contributed by atoms with Gasteiger partial charge in [0.15, 0.2) is 0 Å². The summed E-state index contributed by atoms with van der Waals surface area (Å²) in [6.07, 6.45) is 1.82. The number of carboxylic acids is 1. The number of aliphatic carboxylic acids is 1. The van der Waals surface area contributed by atoms with Crippen molar-refractivity contribution in [3.8, 4) is 0 Å². The number of carboxylic acid groups (broad SMARTS) is 1. The quantitative estimate of drug-likeness (QED) is 0.620. The third-order valence-electron chi connectivity index (χ3n) is 1.18. The molecule has 0 aromatic rings. The lowest BCUT2D eigenvalue weighted by atomic mass is 10.1. The van der Waals surface area contributed by atoms with Crippen molar-refractivity contribution < 1.29 is 9.90 Å². The Bertz CT molecular complexity index is 115. The first-order valence-corrected chi connectivity index (χ1v) is 3.81. The lowest BCUT2D eigenvalue weighted by molar-refractivity contribution is -0.137. The predicted molar refractivity (Wildman–Crippen MR) is 44.6 cm³/mol. The molecule has 3 heteroatoms. The van der Waals surface area contributed by atoms with Gasteiger partial charge in [-0.1, -0.05) is 13.8 Å². The summed E-state index contributed by atoms with van der Waals surface area (Å²) in [5, 5.41) is 8.29. The van der Waals surface area contributed by atoms with E-state index in [1.54, 1.807) is 0 Å². The van der Waals surface area contributed by atoms with E-state index in [2.05, 4.69) is 12.6 Å². The van der Waals surface area contributed by atoms with Crippen LogP contribution in [0.1, 0.15) is 33.1 Å². The molecule has 60 valence electrons. The third kappa shape index (κ3) is 7.82. The maximum absolute atomic E-state index is 10.1. The zero-order valence-electron chi connectivity index (χ0n) is 6.42. The highest BCUT2D eigenvalue weighted by Crippen LogP contribution is 2.19. The smallest absolute Gasteiger partial charge is 0.303 e. The van der Waals surface area contributed by atoms with E-state index in [0.29, 0.717) is 6.42 Å². The van der Waals surface area contributed by atoms with Crippen molar-refractivity contribution in [2.45, 2.75) is 37.9 Å². The van der Waals surface area contributed by atoms with Gasteiger partial charge in [0.2, 0.25) is 0 Å². The molecular formula is C7H14O2S. The van der Waals surface area contributed by atoms with Gasteiger partial charge in [-0.05, 0) is 12.8 Å². The van der Waals surface area contributed by atoms with Gasteiger partial charge in [0.25, 0.3) is 0 Å². The Kier molecular flexibility index (Phi) is 3.79. The van der Waals surface area contributed by atoms with Crippen LogP contribution in [-0.2, 0) is 4.79 Å². The molecule has 0 radical (unpaired) electrons. The molecule has 2 nitrogen and oxygen atoms in total. The van der Waals surface area contributed by atoms with Crippen molar-refractivity contribution in [1.82, 2.24) is 0 Å². The van der Waals surface area contributed by atoms with Crippen LogP contribution in [0.2, 0.25) is 0 Å². The Morgan fingerprint density at radius 1 is 1.60 bits per heavy atom. The average molecular weight is 162 g/mol. The van der Waals surface area contributed by atoms with Crippen LogP contribution in [0, 0.1) is 0 Å². The summed E-state index contributed by atoms with van der Waals surface area (Å²) in [6.45, 7) is 3.97. The summed E-state index contributed by atoms with van der Waals surface area (Å²) in [6, 6.07) is 0. The normalized spacial score (nSPS) is 11.5. The molecule has 0 rings (SSSR count). The van der Waals surface area contributed by atoms with Crippen LogP contribution >= 0.6 is 12.6 Å². The Morgan fingerprint density at radius 2 is 2.10 bits per heavy atom. The van der Waals surface area contributed by atoms with Crippen LogP contribution in [-0.4, -0.2) is 15.8 Å². The third-order valence-corrected chi connectivity index (χ3v) is 1.40. The van der Waals surface area contributed by atoms with Crippen molar-refractivity contribution in [3.63, 3.8) is 0 Å². The molecule has 0 saturated heterocycles. The SMILES string of the molecule is CC(C)(S)CCCC(=O)O. The molecular weight excluding hydrogens is 148 g/mol. The molecule has 1 N–H and O–H groups in total.